The molecule has 2 heterocycles. The molecule has 34 heavy (non-hydrogen) atoms. The minimum Gasteiger partial charge on any atom is -0.329 e. The predicted molar refractivity (Wildman–Crippen MR) is 138 cm³/mol. The summed E-state index contributed by atoms with van der Waals surface area (Å²) in [7, 11) is 1.54. The van der Waals surface area contributed by atoms with E-state index in [1.54, 1.807) is 35.9 Å². The van der Waals surface area contributed by atoms with Gasteiger partial charge in [0.1, 0.15) is 6.54 Å². The number of anilines is 1. The van der Waals surface area contributed by atoms with E-state index in [-0.39, 0.29) is 15.9 Å². The number of halogens is 1. The number of hydrogen-bond donors (Lipinski definition) is 2. The van der Waals surface area contributed by atoms with Gasteiger partial charge >= 0.3 is 5.69 Å². The summed E-state index contributed by atoms with van der Waals surface area (Å²) in [6.07, 6.45) is 1.97. The standard InChI is InChI=1S/C23H29ClN6O3S/c1-14(2)10-11-29-18-19(27-21(29)34-23(3,4)13-25)28(5)22(33)30(20(18)32)12-17(31)26-16-8-6-15(24)7-9-16/h6-10H,11-13,25H2,1-5H3,(H,26,31). The van der Waals surface area contributed by atoms with E-state index in [2.05, 4.69) is 10.3 Å². The molecular weight excluding hydrogens is 476 g/mol. The van der Waals surface area contributed by atoms with Crippen molar-refractivity contribution in [3.05, 3.63) is 61.8 Å². The molecule has 0 aliphatic heterocycles. The Morgan fingerprint density at radius 2 is 1.85 bits per heavy atom. The van der Waals surface area contributed by atoms with Crippen LogP contribution in [0.1, 0.15) is 27.7 Å². The molecular formula is C23H29ClN6O3S. The lowest BCUT2D eigenvalue weighted by atomic mass is 10.2. The molecule has 0 aliphatic rings. The molecule has 2 aromatic heterocycles. The van der Waals surface area contributed by atoms with E-state index in [9.17, 15) is 14.4 Å². The van der Waals surface area contributed by atoms with Crippen LogP contribution in [0.4, 0.5) is 5.69 Å². The molecule has 3 aromatic rings. The summed E-state index contributed by atoms with van der Waals surface area (Å²) in [4.78, 5) is 43.8. The van der Waals surface area contributed by atoms with Crippen LogP contribution in [0.3, 0.4) is 0 Å². The number of rotatable bonds is 8. The van der Waals surface area contributed by atoms with E-state index in [0.29, 0.717) is 29.0 Å². The first kappa shape index (κ1) is 25.8. The number of allylic oxidation sites excluding steroid dienone is 2. The molecule has 9 nitrogen and oxygen atoms in total. The van der Waals surface area contributed by atoms with Crippen molar-refractivity contribution < 1.29 is 4.79 Å². The monoisotopic (exact) mass is 504 g/mol. The fraction of sp³-hybridized carbons (Fsp3) is 0.391. The lowest BCUT2D eigenvalue weighted by Gasteiger charge is -2.21. The van der Waals surface area contributed by atoms with Crippen LogP contribution in [0.25, 0.3) is 11.2 Å². The average molecular weight is 505 g/mol. The van der Waals surface area contributed by atoms with Crippen LogP contribution >= 0.6 is 23.4 Å². The summed E-state index contributed by atoms with van der Waals surface area (Å²) < 4.78 is 3.67. The Kier molecular flexibility index (Phi) is 7.74. The van der Waals surface area contributed by atoms with Gasteiger partial charge in [-0.1, -0.05) is 35.0 Å². The Bertz CT molecular complexity index is 1360. The molecule has 0 saturated carbocycles. The van der Waals surface area contributed by atoms with Crippen LogP contribution < -0.4 is 22.3 Å². The zero-order chi connectivity index (χ0) is 25.2. The molecule has 0 fully saturated rings. The number of nitrogens with zero attached hydrogens (tertiary/aromatic N) is 4. The molecule has 1 aromatic carbocycles. The number of aryl methyl sites for hydroxylation is 1. The molecule has 0 aliphatic carbocycles. The van der Waals surface area contributed by atoms with Gasteiger partial charge in [0, 0.05) is 35.6 Å². The number of amides is 1. The molecule has 0 saturated heterocycles. The number of benzene rings is 1. The van der Waals surface area contributed by atoms with E-state index >= 15 is 0 Å². The smallest absolute Gasteiger partial charge is 0.329 e. The number of carbonyl (C=O) groups is 1. The summed E-state index contributed by atoms with van der Waals surface area (Å²) >= 11 is 7.32. The van der Waals surface area contributed by atoms with Crippen molar-refractivity contribution in [3.63, 3.8) is 0 Å². The summed E-state index contributed by atoms with van der Waals surface area (Å²) in [6.45, 7) is 8.26. The van der Waals surface area contributed by atoms with E-state index in [1.165, 1.54) is 16.3 Å². The number of nitrogens with two attached hydrogens (primary N) is 1. The lowest BCUT2D eigenvalue weighted by molar-refractivity contribution is -0.116. The maximum absolute atomic E-state index is 13.5. The average Bonchev–Trinajstić information content (AvgIpc) is 3.13. The fourth-order valence-corrected chi connectivity index (χ4v) is 4.29. The first-order valence-corrected chi connectivity index (χ1v) is 11.9. The third-order valence-corrected chi connectivity index (χ3v) is 6.63. The molecule has 0 bridgehead atoms. The summed E-state index contributed by atoms with van der Waals surface area (Å²) in [5.41, 5.74) is 6.83. The van der Waals surface area contributed by atoms with Crippen molar-refractivity contribution >= 4 is 46.1 Å². The summed E-state index contributed by atoms with van der Waals surface area (Å²) in [5, 5.41) is 3.80. The number of thioether (sulfide) groups is 1. The van der Waals surface area contributed by atoms with Gasteiger partial charge < -0.3 is 15.6 Å². The quantitative estimate of drug-likeness (QED) is 0.360. The second kappa shape index (κ2) is 10.2. The molecule has 0 radical (unpaired) electrons. The Balaban J connectivity index is 2.11. The SMILES string of the molecule is CC(C)=CCn1c(SC(C)(C)CN)nc2c1c(=O)n(CC(=O)Nc1ccc(Cl)cc1)c(=O)n2C. The Morgan fingerprint density at radius 3 is 2.44 bits per heavy atom. The molecule has 0 atom stereocenters. The molecule has 1 amide bonds. The van der Waals surface area contributed by atoms with E-state index in [0.717, 1.165) is 10.1 Å². The van der Waals surface area contributed by atoms with Crippen molar-refractivity contribution in [2.75, 3.05) is 11.9 Å². The van der Waals surface area contributed by atoms with Crippen LogP contribution in [0, 0.1) is 0 Å². The number of nitrogens with one attached hydrogen (secondary N) is 1. The van der Waals surface area contributed by atoms with Crippen LogP contribution in [-0.2, 0) is 24.9 Å². The van der Waals surface area contributed by atoms with Crippen molar-refractivity contribution in [3.8, 4) is 0 Å². The highest BCUT2D eigenvalue weighted by Crippen LogP contribution is 2.32. The van der Waals surface area contributed by atoms with Gasteiger partial charge in [-0.05, 0) is 52.0 Å². The second-order valence-corrected chi connectivity index (χ2v) is 10.9. The third-order valence-electron chi connectivity index (χ3n) is 5.17. The summed E-state index contributed by atoms with van der Waals surface area (Å²) in [6, 6.07) is 6.56. The Labute approximate surface area is 206 Å². The van der Waals surface area contributed by atoms with Crippen LogP contribution in [0.2, 0.25) is 5.02 Å². The number of aromatic nitrogens is 4. The number of imidazole rings is 1. The highest BCUT2D eigenvalue weighted by molar-refractivity contribution is 8.00. The van der Waals surface area contributed by atoms with Crippen molar-refractivity contribution in [1.82, 2.24) is 18.7 Å². The van der Waals surface area contributed by atoms with Gasteiger partial charge in [-0.2, -0.15) is 0 Å². The Morgan fingerprint density at radius 1 is 1.21 bits per heavy atom. The minimum absolute atomic E-state index is 0.259. The highest BCUT2D eigenvalue weighted by Gasteiger charge is 2.26. The van der Waals surface area contributed by atoms with Gasteiger partial charge in [-0.3, -0.25) is 14.2 Å². The third kappa shape index (κ3) is 5.63. The van der Waals surface area contributed by atoms with Gasteiger partial charge in [0.05, 0.1) is 0 Å². The van der Waals surface area contributed by atoms with Crippen molar-refractivity contribution in [1.29, 1.82) is 0 Å². The minimum atomic E-state index is -0.620. The first-order chi connectivity index (χ1) is 15.9. The van der Waals surface area contributed by atoms with Crippen LogP contribution in [-0.4, -0.2) is 35.9 Å². The number of hydrogen-bond acceptors (Lipinski definition) is 6. The van der Waals surface area contributed by atoms with Gasteiger partial charge in [0.15, 0.2) is 16.3 Å². The van der Waals surface area contributed by atoms with E-state index in [4.69, 9.17) is 17.3 Å². The maximum atomic E-state index is 13.5. The molecule has 0 spiro atoms. The first-order valence-electron chi connectivity index (χ1n) is 10.7. The molecule has 182 valence electrons. The molecule has 11 heteroatoms. The van der Waals surface area contributed by atoms with Crippen molar-refractivity contribution in [2.24, 2.45) is 12.8 Å². The van der Waals surface area contributed by atoms with Gasteiger partial charge in [-0.25, -0.2) is 14.3 Å². The van der Waals surface area contributed by atoms with Crippen LogP contribution in [0.5, 0.6) is 0 Å². The summed E-state index contributed by atoms with van der Waals surface area (Å²) in [5.74, 6) is -0.505. The largest absolute Gasteiger partial charge is 0.332 e. The van der Waals surface area contributed by atoms with Gasteiger partial charge in [0.2, 0.25) is 5.91 Å². The zero-order valence-electron chi connectivity index (χ0n) is 19.9. The van der Waals surface area contributed by atoms with Crippen LogP contribution in [0.15, 0.2) is 50.7 Å². The normalized spacial score (nSPS) is 11.6. The molecule has 3 N–H and O–H groups in total. The van der Waals surface area contributed by atoms with Gasteiger partial charge in [-0.15, -0.1) is 0 Å². The highest BCUT2D eigenvalue weighted by atomic mass is 35.5. The molecule has 3 rings (SSSR count). The lowest BCUT2D eigenvalue weighted by Crippen LogP contribution is -2.42. The maximum Gasteiger partial charge on any atom is 0.332 e. The van der Waals surface area contributed by atoms with Gasteiger partial charge in [0.25, 0.3) is 5.56 Å². The second-order valence-electron chi connectivity index (χ2n) is 8.81. The van der Waals surface area contributed by atoms with Crippen molar-refractivity contribution in [2.45, 2.75) is 50.7 Å². The van der Waals surface area contributed by atoms with E-state index < -0.39 is 23.7 Å². The Hall–Kier alpha value is -2.82. The topological polar surface area (TPSA) is 117 Å². The number of carbonyl (C=O) groups excluding carboxylic acids is 1. The molecule has 0 unspecified atom stereocenters. The predicted octanol–water partition coefficient (Wildman–Crippen LogP) is 2.98. The fourth-order valence-electron chi connectivity index (χ4n) is 3.18. The zero-order valence-corrected chi connectivity index (χ0v) is 21.5. The number of fused-ring (bicyclic) bond motifs is 1. The van der Waals surface area contributed by atoms with E-state index in [1.807, 2.05) is 33.8 Å².